The maximum Gasteiger partial charge on any atom is 0.196 e. The summed E-state index contributed by atoms with van der Waals surface area (Å²) in [4.78, 5) is 12.3. The average Bonchev–Trinajstić information content (AvgIpc) is 2.63. The lowest BCUT2D eigenvalue weighted by Gasteiger charge is -2.04. The number of furan rings is 1. The number of benzene rings is 1. The Hall–Kier alpha value is -0.570. The fraction of sp³-hybridized carbons (Fsp3) is 0.154. The lowest BCUT2D eigenvalue weighted by Crippen LogP contribution is -2.02. The summed E-state index contributed by atoms with van der Waals surface area (Å²) in [6.07, 6.45) is 0. The van der Waals surface area contributed by atoms with Crippen LogP contribution < -0.4 is 0 Å². The molecule has 0 aliphatic rings. The Labute approximate surface area is 132 Å². The molecule has 1 heterocycles. The first kappa shape index (κ1) is 13.9. The number of rotatable bonds is 2. The van der Waals surface area contributed by atoms with Crippen molar-refractivity contribution in [3.8, 4) is 5.75 Å². The Morgan fingerprint density at radius 3 is 2.17 bits per heavy atom. The van der Waals surface area contributed by atoms with Crippen LogP contribution in [0.25, 0.3) is 0 Å². The van der Waals surface area contributed by atoms with Gasteiger partial charge in [-0.1, -0.05) is 0 Å². The van der Waals surface area contributed by atoms with Crippen molar-refractivity contribution in [2.24, 2.45) is 0 Å². The third-order valence-corrected chi connectivity index (χ3v) is 4.21. The van der Waals surface area contributed by atoms with Crippen LogP contribution in [0.15, 0.2) is 22.6 Å². The molecule has 94 valence electrons. The molecule has 0 radical (unpaired) electrons. The van der Waals surface area contributed by atoms with Gasteiger partial charge in [0.05, 0.1) is 12.7 Å². The van der Waals surface area contributed by atoms with E-state index in [1.165, 1.54) is 0 Å². The van der Waals surface area contributed by atoms with Crippen LogP contribution in [0.3, 0.4) is 0 Å². The third-order valence-electron chi connectivity index (χ3n) is 2.56. The normalized spacial score (nSPS) is 10.7. The van der Waals surface area contributed by atoms with Crippen LogP contribution in [-0.2, 0) is 0 Å². The van der Waals surface area contributed by atoms with Crippen molar-refractivity contribution in [3.05, 3.63) is 48.0 Å². The van der Waals surface area contributed by atoms with E-state index >= 15 is 0 Å². The number of carbonyl (C=O) groups excluding carboxylic acids is 1. The van der Waals surface area contributed by atoms with Gasteiger partial charge in [-0.05, 0) is 77.2 Å². The number of ketones is 1. The molecule has 0 amide bonds. The van der Waals surface area contributed by atoms with Gasteiger partial charge in [0.2, 0.25) is 0 Å². The number of aryl methyl sites for hydroxylation is 2. The Kier molecular flexibility index (Phi) is 4.00. The number of hydrogen-bond donors (Lipinski definition) is 1. The number of phenols is 1. The lowest BCUT2D eigenvalue weighted by atomic mass is 10.0. The predicted octanol–water partition coefficient (Wildman–Crippen LogP) is 4.04. The van der Waals surface area contributed by atoms with Gasteiger partial charge in [-0.3, -0.25) is 4.79 Å². The molecule has 3 nitrogen and oxygen atoms in total. The minimum absolute atomic E-state index is 0.0832. The van der Waals surface area contributed by atoms with Crippen LogP contribution in [0.4, 0.5) is 0 Å². The molecule has 0 fully saturated rings. The zero-order chi connectivity index (χ0) is 13.4. The summed E-state index contributed by atoms with van der Waals surface area (Å²) in [5, 5.41) is 9.70. The largest absolute Gasteiger partial charge is 0.506 e. The molecule has 0 unspecified atom stereocenters. The molecule has 1 N–H and O–H groups in total. The summed E-state index contributed by atoms with van der Waals surface area (Å²) in [6.45, 7) is 3.59. The second kappa shape index (κ2) is 5.20. The Bertz CT molecular complexity index is 606. The van der Waals surface area contributed by atoms with Crippen molar-refractivity contribution in [3.63, 3.8) is 0 Å². The van der Waals surface area contributed by atoms with E-state index in [2.05, 4.69) is 0 Å². The minimum atomic E-state index is -0.0832. The zero-order valence-corrected chi connectivity index (χ0v) is 14.1. The molecular weight excluding hydrogens is 458 g/mol. The minimum Gasteiger partial charge on any atom is -0.506 e. The van der Waals surface area contributed by atoms with Gasteiger partial charge >= 0.3 is 0 Å². The van der Waals surface area contributed by atoms with E-state index in [9.17, 15) is 9.90 Å². The summed E-state index contributed by atoms with van der Waals surface area (Å²) in [6, 6.07) is 5.11. The molecule has 18 heavy (non-hydrogen) atoms. The summed E-state index contributed by atoms with van der Waals surface area (Å²) < 4.78 is 6.70. The lowest BCUT2D eigenvalue weighted by molar-refractivity contribution is 0.103. The summed E-state index contributed by atoms with van der Waals surface area (Å²) in [5.41, 5.74) is 1.13. The van der Waals surface area contributed by atoms with Gasteiger partial charge in [-0.15, -0.1) is 0 Å². The van der Waals surface area contributed by atoms with Crippen molar-refractivity contribution >= 4 is 51.0 Å². The Morgan fingerprint density at radius 2 is 1.72 bits per heavy atom. The zero-order valence-electron chi connectivity index (χ0n) is 9.75. The second-order valence-corrected chi connectivity index (χ2v) is 6.27. The molecule has 0 saturated heterocycles. The third kappa shape index (κ3) is 2.56. The molecule has 2 aromatic rings. The standard InChI is InChI=1S/C13H10I2O3/c1-6-3-9(7(2)18-6)12(16)8-4-10(14)13(17)11(15)5-8/h3-5,17H,1-2H3. The number of carbonyl (C=O) groups is 1. The highest BCUT2D eigenvalue weighted by molar-refractivity contribution is 14.1. The first-order valence-corrected chi connectivity index (χ1v) is 7.35. The molecule has 0 atom stereocenters. The molecule has 5 heteroatoms. The SMILES string of the molecule is Cc1cc(C(=O)c2cc(I)c(O)c(I)c2)c(C)o1. The van der Waals surface area contributed by atoms with E-state index in [4.69, 9.17) is 4.42 Å². The van der Waals surface area contributed by atoms with Crippen LogP contribution in [0.1, 0.15) is 27.4 Å². The van der Waals surface area contributed by atoms with E-state index in [0.29, 0.717) is 24.0 Å². The van der Waals surface area contributed by atoms with Gasteiger partial charge in [0.25, 0.3) is 0 Å². The quantitative estimate of drug-likeness (QED) is 0.535. The topological polar surface area (TPSA) is 50.4 Å². The van der Waals surface area contributed by atoms with E-state index in [1.54, 1.807) is 25.1 Å². The van der Waals surface area contributed by atoms with Gasteiger partial charge < -0.3 is 9.52 Å². The maximum absolute atomic E-state index is 12.3. The highest BCUT2D eigenvalue weighted by Crippen LogP contribution is 2.29. The highest BCUT2D eigenvalue weighted by Gasteiger charge is 2.17. The molecule has 0 spiro atoms. The van der Waals surface area contributed by atoms with E-state index < -0.39 is 0 Å². The first-order chi connectivity index (χ1) is 8.40. The van der Waals surface area contributed by atoms with E-state index in [0.717, 1.165) is 5.76 Å². The Balaban J connectivity index is 2.50. The van der Waals surface area contributed by atoms with E-state index in [-0.39, 0.29) is 11.5 Å². The maximum atomic E-state index is 12.3. The van der Waals surface area contributed by atoms with Gasteiger partial charge in [-0.25, -0.2) is 0 Å². The van der Waals surface area contributed by atoms with Crippen LogP contribution in [-0.4, -0.2) is 10.9 Å². The van der Waals surface area contributed by atoms with Crippen molar-refractivity contribution in [1.29, 1.82) is 0 Å². The molecule has 1 aromatic carbocycles. The van der Waals surface area contributed by atoms with Gasteiger partial charge in [-0.2, -0.15) is 0 Å². The number of hydrogen-bond acceptors (Lipinski definition) is 3. The fourth-order valence-electron chi connectivity index (χ4n) is 1.71. The summed E-state index contributed by atoms with van der Waals surface area (Å²) >= 11 is 4.02. The predicted molar refractivity (Wildman–Crippen MR) is 85.2 cm³/mol. The molecule has 0 aliphatic heterocycles. The van der Waals surface area contributed by atoms with E-state index in [1.807, 2.05) is 52.1 Å². The number of aromatic hydroxyl groups is 1. The monoisotopic (exact) mass is 468 g/mol. The van der Waals surface area contributed by atoms with Gasteiger partial charge in [0.1, 0.15) is 17.3 Å². The van der Waals surface area contributed by atoms with Gasteiger partial charge in [0, 0.05) is 5.56 Å². The summed E-state index contributed by atoms with van der Waals surface area (Å²) in [5.74, 6) is 1.47. The van der Waals surface area contributed by atoms with Crippen molar-refractivity contribution in [1.82, 2.24) is 0 Å². The van der Waals surface area contributed by atoms with Crippen LogP contribution in [0, 0.1) is 21.0 Å². The molecule has 2 rings (SSSR count). The van der Waals surface area contributed by atoms with Crippen LogP contribution in [0.5, 0.6) is 5.75 Å². The second-order valence-electron chi connectivity index (χ2n) is 3.94. The Morgan fingerprint density at radius 1 is 1.17 bits per heavy atom. The van der Waals surface area contributed by atoms with Crippen LogP contribution in [0.2, 0.25) is 0 Å². The molecular formula is C13H10I2O3. The fourth-order valence-corrected chi connectivity index (χ4v) is 3.48. The molecule has 0 bridgehead atoms. The number of phenolic OH excluding ortho intramolecular Hbond substituents is 1. The van der Waals surface area contributed by atoms with Crippen molar-refractivity contribution in [2.75, 3.05) is 0 Å². The molecule has 0 saturated carbocycles. The smallest absolute Gasteiger partial charge is 0.196 e. The number of halogens is 2. The van der Waals surface area contributed by atoms with Gasteiger partial charge in [0.15, 0.2) is 5.78 Å². The molecule has 0 aliphatic carbocycles. The van der Waals surface area contributed by atoms with Crippen molar-refractivity contribution < 1.29 is 14.3 Å². The highest BCUT2D eigenvalue weighted by atomic mass is 127. The van der Waals surface area contributed by atoms with Crippen LogP contribution >= 0.6 is 45.2 Å². The van der Waals surface area contributed by atoms with Crippen molar-refractivity contribution in [2.45, 2.75) is 13.8 Å². The average molecular weight is 468 g/mol. The molecule has 1 aromatic heterocycles. The summed E-state index contributed by atoms with van der Waals surface area (Å²) in [7, 11) is 0. The first-order valence-electron chi connectivity index (χ1n) is 5.20.